The fraction of sp³-hybridized carbons (Fsp3) is 0.750. The third-order valence-electron chi connectivity index (χ3n) is 4.18. The maximum Gasteiger partial charge on any atom is 0.242 e. The number of hydrogen-bond donors (Lipinski definition) is 0. The fourth-order valence-corrected chi connectivity index (χ4v) is 3.37. The van der Waals surface area contributed by atoms with Crippen LogP contribution in [0.4, 0.5) is 0 Å². The second kappa shape index (κ2) is 3.55. The predicted molar refractivity (Wildman–Crippen MR) is 60.0 cm³/mol. The van der Waals surface area contributed by atoms with Gasteiger partial charge in [0.25, 0.3) is 0 Å². The van der Waals surface area contributed by atoms with E-state index in [4.69, 9.17) is 4.42 Å². The van der Waals surface area contributed by atoms with Gasteiger partial charge < -0.3 is 9.32 Å². The first kappa shape index (κ1) is 10.7. The van der Waals surface area contributed by atoms with Crippen LogP contribution in [0.2, 0.25) is 0 Å². The van der Waals surface area contributed by atoms with Crippen LogP contribution < -0.4 is 0 Å². The minimum absolute atomic E-state index is 0.316. The second-order valence-corrected chi connectivity index (χ2v) is 5.42. The number of carbonyl (C=O) groups excluding carboxylic acids is 1. The number of hydrogen-bond acceptors (Lipinski definition) is 4. The van der Waals surface area contributed by atoms with Gasteiger partial charge in [-0.05, 0) is 25.2 Å². The maximum absolute atomic E-state index is 11.3. The predicted octanol–water partition coefficient (Wildman–Crippen LogP) is 1.62. The molecule has 3 atom stereocenters. The van der Waals surface area contributed by atoms with Crippen molar-refractivity contribution < 1.29 is 9.21 Å². The molecule has 0 unspecified atom stereocenters. The van der Waals surface area contributed by atoms with Crippen molar-refractivity contribution in [2.24, 2.45) is 5.92 Å². The Hall–Kier alpha value is -1.39. The van der Waals surface area contributed by atoms with Crippen LogP contribution in [0.5, 0.6) is 0 Å². The van der Waals surface area contributed by atoms with Gasteiger partial charge in [0.2, 0.25) is 18.2 Å². The molecule has 92 valence electrons. The Kier molecular flexibility index (Phi) is 2.24. The molecular weight excluding hydrogens is 218 g/mol. The van der Waals surface area contributed by atoms with E-state index in [1.807, 2.05) is 4.90 Å². The highest BCUT2D eigenvalue weighted by Crippen LogP contribution is 2.52. The van der Waals surface area contributed by atoms with E-state index in [0.29, 0.717) is 23.7 Å². The molecule has 17 heavy (non-hydrogen) atoms. The molecule has 1 amide bonds. The lowest BCUT2D eigenvalue weighted by molar-refractivity contribution is -0.147. The van der Waals surface area contributed by atoms with Crippen LogP contribution >= 0.6 is 0 Å². The number of aryl methyl sites for hydroxylation is 1. The van der Waals surface area contributed by atoms with Gasteiger partial charge in [-0.15, -0.1) is 10.2 Å². The summed E-state index contributed by atoms with van der Waals surface area (Å²) in [6.07, 6.45) is 5.12. The molecule has 2 aliphatic heterocycles. The van der Waals surface area contributed by atoms with Gasteiger partial charge in [-0.1, -0.05) is 6.92 Å². The molecule has 1 saturated carbocycles. The largest absolute Gasteiger partial charge is 0.423 e. The number of amides is 1. The van der Waals surface area contributed by atoms with E-state index < -0.39 is 0 Å². The number of aromatic nitrogens is 2. The summed E-state index contributed by atoms with van der Waals surface area (Å²) < 4.78 is 5.58. The average molecular weight is 235 g/mol. The van der Waals surface area contributed by atoms with Crippen LogP contribution in [-0.4, -0.2) is 27.5 Å². The standard InChI is InChI=1S/C12H17N3O2/c1-8-3-4-10-6-12(5-8,15(10)7-16)11-14-13-9(2)17-11/h7-8,10H,3-6H2,1-2H3/t8-,10-,12+/m1/s1. The van der Waals surface area contributed by atoms with Crippen molar-refractivity contribution in [1.82, 2.24) is 15.1 Å². The van der Waals surface area contributed by atoms with Crippen LogP contribution in [0, 0.1) is 12.8 Å². The minimum Gasteiger partial charge on any atom is -0.423 e. The van der Waals surface area contributed by atoms with Crippen molar-refractivity contribution in [2.75, 3.05) is 0 Å². The Labute approximate surface area is 100 Å². The molecule has 4 rings (SSSR count). The van der Waals surface area contributed by atoms with E-state index in [-0.39, 0.29) is 5.54 Å². The topological polar surface area (TPSA) is 59.2 Å². The Morgan fingerprint density at radius 3 is 2.88 bits per heavy atom. The first-order valence-electron chi connectivity index (χ1n) is 6.20. The van der Waals surface area contributed by atoms with E-state index in [1.165, 1.54) is 6.42 Å². The zero-order chi connectivity index (χ0) is 12.0. The number of rotatable bonds is 2. The van der Waals surface area contributed by atoms with Crippen LogP contribution in [0.1, 0.15) is 44.4 Å². The van der Waals surface area contributed by atoms with Gasteiger partial charge in [0.15, 0.2) is 0 Å². The Balaban J connectivity index is 2.00. The quantitative estimate of drug-likeness (QED) is 0.731. The molecule has 0 aromatic carbocycles. The molecule has 1 aromatic rings. The molecule has 0 N–H and O–H groups in total. The van der Waals surface area contributed by atoms with E-state index in [9.17, 15) is 4.79 Å². The van der Waals surface area contributed by atoms with E-state index in [1.54, 1.807) is 6.92 Å². The zero-order valence-corrected chi connectivity index (χ0v) is 10.2. The fourth-order valence-electron chi connectivity index (χ4n) is 3.37. The van der Waals surface area contributed by atoms with Gasteiger partial charge in [-0.3, -0.25) is 4.79 Å². The highest BCUT2D eigenvalue weighted by Gasteiger charge is 2.57. The SMILES string of the molecule is Cc1nnc([C@]23C[C@H](C)CC[C@H](C2)N3C=O)o1. The average Bonchev–Trinajstić information content (AvgIpc) is 2.54. The van der Waals surface area contributed by atoms with E-state index in [2.05, 4.69) is 17.1 Å². The first-order valence-corrected chi connectivity index (χ1v) is 6.20. The lowest BCUT2D eigenvalue weighted by atomic mass is 9.76. The second-order valence-electron chi connectivity index (χ2n) is 5.42. The summed E-state index contributed by atoms with van der Waals surface area (Å²) >= 11 is 0. The first-order chi connectivity index (χ1) is 8.15. The summed E-state index contributed by atoms with van der Waals surface area (Å²) in [5, 5.41) is 8.03. The highest BCUT2D eigenvalue weighted by atomic mass is 16.4. The monoisotopic (exact) mass is 235 g/mol. The number of nitrogens with zero attached hydrogens (tertiary/aromatic N) is 3. The Morgan fingerprint density at radius 2 is 2.24 bits per heavy atom. The van der Waals surface area contributed by atoms with Crippen LogP contribution in [0.25, 0.3) is 0 Å². The van der Waals surface area contributed by atoms with Crippen LogP contribution in [0.15, 0.2) is 4.42 Å². The van der Waals surface area contributed by atoms with Gasteiger partial charge in [0, 0.05) is 19.4 Å². The minimum atomic E-state index is -0.316. The molecule has 2 saturated heterocycles. The molecular formula is C12H17N3O2. The van der Waals surface area contributed by atoms with Crippen molar-refractivity contribution in [3.8, 4) is 0 Å². The van der Waals surface area contributed by atoms with E-state index >= 15 is 0 Å². The summed E-state index contributed by atoms with van der Waals surface area (Å²) in [6, 6.07) is 0.365. The van der Waals surface area contributed by atoms with Crippen molar-refractivity contribution in [3.63, 3.8) is 0 Å². The smallest absolute Gasteiger partial charge is 0.242 e. The normalized spacial score (nSPS) is 36.2. The lowest BCUT2D eigenvalue weighted by Crippen LogP contribution is -2.62. The summed E-state index contributed by atoms with van der Waals surface area (Å²) in [4.78, 5) is 13.2. The van der Waals surface area contributed by atoms with Crippen molar-refractivity contribution in [1.29, 1.82) is 0 Å². The molecule has 5 nitrogen and oxygen atoms in total. The van der Waals surface area contributed by atoms with Gasteiger partial charge in [0.1, 0.15) is 5.54 Å². The molecule has 0 radical (unpaired) electrons. The van der Waals surface area contributed by atoms with E-state index in [0.717, 1.165) is 25.7 Å². The summed E-state index contributed by atoms with van der Waals surface area (Å²) in [5.74, 6) is 1.78. The van der Waals surface area contributed by atoms with Crippen LogP contribution in [-0.2, 0) is 10.3 Å². The zero-order valence-electron chi connectivity index (χ0n) is 10.2. The van der Waals surface area contributed by atoms with Gasteiger partial charge in [-0.2, -0.15) is 0 Å². The van der Waals surface area contributed by atoms with Crippen molar-refractivity contribution in [3.05, 3.63) is 11.8 Å². The lowest BCUT2D eigenvalue weighted by Gasteiger charge is -2.53. The molecule has 1 aromatic heterocycles. The number of fused-ring (bicyclic) bond motifs is 3. The molecule has 3 heterocycles. The highest BCUT2D eigenvalue weighted by molar-refractivity contribution is 5.53. The summed E-state index contributed by atoms with van der Waals surface area (Å²) in [5.41, 5.74) is -0.316. The van der Waals surface area contributed by atoms with Crippen LogP contribution in [0.3, 0.4) is 0 Å². The van der Waals surface area contributed by atoms with Crippen molar-refractivity contribution >= 4 is 6.41 Å². The number of carbonyl (C=O) groups is 1. The molecule has 2 bridgehead atoms. The summed E-state index contributed by atoms with van der Waals surface area (Å²) in [7, 11) is 0. The van der Waals surface area contributed by atoms with Gasteiger partial charge in [0.05, 0.1) is 0 Å². The molecule has 3 fully saturated rings. The Morgan fingerprint density at radius 1 is 1.41 bits per heavy atom. The molecule has 0 spiro atoms. The van der Waals surface area contributed by atoms with Gasteiger partial charge in [-0.25, -0.2) is 0 Å². The molecule has 5 heteroatoms. The summed E-state index contributed by atoms with van der Waals surface area (Å²) in [6.45, 7) is 4.02. The van der Waals surface area contributed by atoms with Crippen molar-refractivity contribution in [2.45, 2.75) is 51.1 Å². The molecule has 1 aliphatic carbocycles. The third kappa shape index (κ3) is 1.41. The van der Waals surface area contributed by atoms with Gasteiger partial charge >= 0.3 is 0 Å². The third-order valence-corrected chi connectivity index (χ3v) is 4.18. The molecule has 3 aliphatic rings. The maximum atomic E-state index is 11.3. The Bertz CT molecular complexity index is 445.